The molecule has 7 heteroatoms. The lowest BCUT2D eigenvalue weighted by atomic mass is 10.00. The van der Waals surface area contributed by atoms with Gasteiger partial charge < -0.3 is 14.8 Å². The van der Waals surface area contributed by atoms with Gasteiger partial charge in [-0.2, -0.15) is 0 Å². The van der Waals surface area contributed by atoms with E-state index in [2.05, 4.69) is 9.97 Å². The summed E-state index contributed by atoms with van der Waals surface area (Å²) in [4.78, 5) is 31.4. The molecular formula is C24H17ClN2O4. The fourth-order valence-corrected chi connectivity index (χ4v) is 3.55. The van der Waals surface area contributed by atoms with Gasteiger partial charge in [0.1, 0.15) is 11.4 Å². The number of carboxylic acids is 1. The molecule has 2 N–H and O–H groups in total. The Hall–Kier alpha value is -3.90. The van der Waals surface area contributed by atoms with Crippen LogP contribution in [0.3, 0.4) is 0 Å². The van der Waals surface area contributed by atoms with Crippen LogP contribution in [0.5, 0.6) is 5.75 Å². The summed E-state index contributed by atoms with van der Waals surface area (Å²) in [7, 11) is 1.53. The first-order valence-electron chi connectivity index (χ1n) is 9.33. The number of fused-ring (bicyclic) bond motifs is 1. The molecule has 4 rings (SSSR count). The molecule has 0 radical (unpaired) electrons. The Kier molecular flexibility index (Phi) is 5.56. The molecule has 0 aliphatic carbocycles. The zero-order valence-electron chi connectivity index (χ0n) is 16.4. The molecular weight excluding hydrogens is 416 g/mol. The summed E-state index contributed by atoms with van der Waals surface area (Å²) in [5.41, 5.74) is 3.80. The third-order valence-electron chi connectivity index (χ3n) is 4.83. The van der Waals surface area contributed by atoms with E-state index >= 15 is 0 Å². The Labute approximate surface area is 182 Å². The number of H-pyrrole nitrogens is 1. The number of ether oxygens (including phenoxy) is 1. The molecule has 31 heavy (non-hydrogen) atoms. The highest BCUT2D eigenvalue weighted by molar-refractivity contribution is 6.35. The molecule has 0 amide bonds. The maximum Gasteiger partial charge on any atom is 0.328 e. The van der Waals surface area contributed by atoms with Crippen LogP contribution >= 0.6 is 11.6 Å². The topological polar surface area (TPSA) is 92.3 Å². The van der Waals surface area contributed by atoms with Crippen molar-refractivity contribution in [3.05, 3.63) is 88.7 Å². The van der Waals surface area contributed by atoms with Crippen molar-refractivity contribution >= 4 is 40.5 Å². The lowest BCUT2D eigenvalue weighted by Gasteiger charge is -2.06. The molecule has 0 atom stereocenters. The first kappa shape index (κ1) is 20.4. The van der Waals surface area contributed by atoms with E-state index in [9.17, 15) is 9.59 Å². The Morgan fingerprint density at radius 3 is 2.68 bits per heavy atom. The van der Waals surface area contributed by atoms with Crippen molar-refractivity contribution in [2.24, 2.45) is 0 Å². The number of methoxy groups -OCH3 is 1. The molecule has 0 fully saturated rings. The van der Waals surface area contributed by atoms with Crippen molar-refractivity contribution in [3.63, 3.8) is 0 Å². The monoisotopic (exact) mass is 432 g/mol. The van der Waals surface area contributed by atoms with Crippen LogP contribution in [0.15, 0.2) is 67.0 Å². The lowest BCUT2D eigenvalue weighted by Crippen LogP contribution is -2.02. The van der Waals surface area contributed by atoms with Gasteiger partial charge in [-0.05, 0) is 47.5 Å². The number of rotatable bonds is 6. The zero-order valence-corrected chi connectivity index (χ0v) is 17.2. The Morgan fingerprint density at radius 1 is 1.10 bits per heavy atom. The number of aliphatic carboxylic acids is 1. The summed E-state index contributed by atoms with van der Waals surface area (Å²) < 4.78 is 5.15. The van der Waals surface area contributed by atoms with Crippen LogP contribution in [0.1, 0.15) is 21.5 Å². The molecule has 154 valence electrons. The molecule has 0 saturated heterocycles. The third-order valence-corrected chi connectivity index (χ3v) is 5.15. The number of aromatic amines is 1. The lowest BCUT2D eigenvalue weighted by molar-refractivity contribution is -0.131. The molecule has 6 nitrogen and oxygen atoms in total. The van der Waals surface area contributed by atoms with Crippen molar-refractivity contribution in [1.82, 2.24) is 9.97 Å². The minimum atomic E-state index is -1.01. The summed E-state index contributed by atoms with van der Waals surface area (Å²) in [5.74, 6) is -0.668. The van der Waals surface area contributed by atoms with E-state index in [0.717, 1.165) is 22.8 Å². The van der Waals surface area contributed by atoms with E-state index in [0.29, 0.717) is 32.9 Å². The summed E-state index contributed by atoms with van der Waals surface area (Å²) in [5, 5.41) is 9.81. The van der Waals surface area contributed by atoms with Gasteiger partial charge in [0.25, 0.3) is 0 Å². The van der Waals surface area contributed by atoms with Crippen LogP contribution < -0.4 is 4.74 Å². The van der Waals surface area contributed by atoms with Crippen molar-refractivity contribution in [1.29, 1.82) is 0 Å². The number of pyridine rings is 1. The number of aromatic nitrogens is 2. The minimum absolute atomic E-state index is 0.226. The predicted octanol–water partition coefficient (Wildman–Crippen LogP) is 5.22. The summed E-state index contributed by atoms with van der Waals surface area (Å²) in [6.07, 6.45) is 5.93. The van der Waals surface area contributed by atoms with Gasteiger partial charge in [-0.25, -0.2) is 9.78 Å². The number of benzene rings is 2. The zero-order chi connectivity index (χ0) is 22.0. The fraction of sp³-hybridized carbons (Fsp3) is 0.0417. The van der Waals surface area contributed by atoms with E-state index in [4.69, 9.17) is 21.4 Å². The van der Waals surface area contributed by atoms with Gasteiger partial charge >= 0.3 is 5.97 Å². The van der Waals surface area contributed by atoms with Gasteiger partial charge in [-0.1, -0.05) is 29.8 Å². The quantitative estimate of drug-likeness (QED) is 0.322. The maximum absolute atomic E-state index is 13.2. The number of ketones is 1. The number of hydrogen-bond acceptors (Lipinski definition) is 4. The third kappa shape index (κ3) is 4.20. The van der Waals surface area contributed by atoms with Gasteiger partial charge in [-0.3, -0.25) is 4.79 Å². The van der Waals surface area contributed by atoms with Crippen molar-refractivity contribution in [3.8, 4) is 16.9 Å². The van der Waals surface area contributed by atoms with Crippen molar-refractivity contribution < 1.29 is 19.4 Å². The van der Waals surface area contributed by atoms with Crippen LogP contribution in [0.25, 0.3) is 28.2 Å². The summed E-state index contributed by atoms with van der Waals surface area (Å²) in [6, 6.07) is 14.2. The van der Waals surface area contributed by atoms with Crippen LogP contribution in [-0.4, -0.2) is 33.9 Å². The highest BCUT2D eigenvalue weighted by Crippen LogP contribution is 2.29. The van der Waals surface area contributed by atoms with E-state index in [1.165, 1.54) is 13.2 Å². The summed E-state index contributed by atoms with van der Waals surface area (Å²) >= 11 is 6.29. The van der Waals surface area contributed by atoms with Gasteiger partial charge in [-0.15, -0.1) is 0 Å². The number of nitrogens with one attached hydrogen (secondary N) is 1. The van der Waals surface area contributed by atoms with Crippen LogP contribution in [-0.2, 0) is 4.79 Å². The molecule has 2 aromatic heterocycles. The normalized spacial score (nSPS) is 11.2. The Balaban J connectivity index is 1.74. The first-order valence-corrected chi connectivity index (χ1v) is 9.71. The molecule has 0 unspecified atom stereocenters. The van der Waals surface area contributed by atoms with Crippen LogP contribution in [0.2, 0.25) is 5.02 Å². The fourth-order valence-electron chi connectivity index (χ4n) is 3.29. The SMILES string of the molecule is COc1ccc(C(=O)c2c[nH]c3ncc(-c4cccc(C=CC(=O)O)c4)cc23)c(Cl)c1. The average molecular weight is 433 g/mol. The Morgan fingerprint density at radius 2 is 1.94 bits per heavy atom. The average Bonchev–Trinajstić information content (AvgIpc) is 3.20. The summed E-state index contributed by atoms with van der Waals surface area (Å²) in [6.45, 7) is 0. The van der Waals surface area contributed by atoms with Crippen LogP contribution in [0, 0.1) is 0 Å². The van der Waals surface area contributed by atoms with Crippen molar-refractivity contribution in [2.75, 3.05) is 7.11 Å². The van der Waals surface area contributed by atoms with Crippen molar-refractivity contribution in [2.45, 2.75) is 0 Å². The number of halogens is 1. The highest BCUT2D eigenvalue weighted by Gasteiger charge is 2.18. The second-order valence-corrected chi connectivity index (χ2v) is 7.20. The number of carbonyl (C=O) groups is 2. The molecule has 0 bridgehead atoms. The molecule has 2 aromatic carbocycles. The van der Waals surface area contributed by atoms with E-state index in [1.54, 1.807) is 30.6 Å². The molecule has 0 aliphatic heterocycles. The second-order valence-electron chi connectivity index (χ2n) is 6.79. The van der Waals surface area contributed by atoms with E-state index < -0.39 is 5.97 Å². The standard InChI is InChI=1S/C24H17ClN2O4/c1-31-17-6-7-18(21(25)11-17)23(30)20-13-27-24-19(20)10-16(12-26-24)15-4-2-3-14(9-15)5-8-22(28)29/h2-13H,1H3,(H,26,27)(H,28,29). The number of carboxylic acid groups (broad SMARTS) is 1. The van der Waals surface area contributed by atoms with E-state index in [1.807, 2.05) is 30.3 Å². The molecule has 2 heterocycles. The number of hydrogen-bond donors (Lipinski definition) is 2. The van der Waals surface area contributed by atoms with Gasteiger partial charge in [0.15, 0.2) is 5.78 Å². The predicted molar refractivity (Wildman–Crippen MR) is 120 cm³/mol. The van der Waals surface area contributed by atoms with Gasteiger partial charge in [0, 0.05) is 40.5 Å². The molecule has 0 aliphatic rings. The molecule has 0 spiro atoms. The second kappa shape index (κ2) is 8.45. The molecule has 4 aromatic rings. The minimum Gasteiger partial charge on any atom is -0.497 e. The van der Waals surface area contributed by atoms with E-state index in [-0.39, 0.29) is 5.78 Å². The number of carbonyl (C=O) groups excluding carboxylic acids is 1. The smallest absolute Gasteiger partial charge is 0.328 e. The number of nitrogens with zero attached hydrogens (tertiary/aromatic N) is 1. The Bertz CT molecular complexity index is 1340. The first-order chi connectivity index (χ1) is 15.0. The molecule has 0 saturated carbocycles. The van der Waals surface area contributed by atoms with Gasteiger partial charge in [0.2, 0.25) is 0 Å². The maximum atomic E-state index is 13.2. The highest BCUT2D eigenvalue weighted by atomic mass is 35.5. The largest absolute Gasteiger partial charge is 0.497 e. The van der Waals surface area contributed by atoms with Gasteiger partial charge in [0.05, 0.1) is 12.1 Å². The van der Waals surface area contributed by atoms with Crippen LogP contribution in [0.4, 0.5) is 0 Å².